The van der Waals surface area contributed by atoms with Crippen LogP contribution in [0.25, 0.3) is 0 Å². The summed E-state index contributed by atoms with van der Waals surface area (Å²) >= 11 is 5.82. The van der Waals surface area contributed by atoms with E-state index in [4.69, 9.17) is 17.3 Å². The van der Waals surface area contributed by atoms with Crippen molar-refractivity contribution in [2.45, 2.75) is 38.8 Å². The zero-order chi connectivity index (χ0) is 17.0. The normalized spacial score (nSPS) is 16.7. The Balaban J connectivity index is 2.01. The van der Waals surface area contributed by atoms with Crippen LogP contribution in [0.4, 0.5) is 0 Å². The summed E-state index contributed by atoms with van der Waals surface area (Å²) in [7, 11) is 0. The summed E-state index contributed by atoms with van der Waals surface area (Å²) in [5, 5.41) is 6.35. The van der Waals surface area contributed by atoms with Gasteiger partial charge in [-0.2, -0.15) is 0 Å². The molecular formula is C17H24ClN3O2. The highest BCUT2D eigenvalue weighted by molar-refractivity contribution is 6.30. The summed E-state index contributed by atoms with van der Waals surface area (Å²) in [4.78, 5) is 24.8. The Kier molecular flexibility index (Phi) is 6.02. The van der Waals surface area contributed by atoms with E-state index in [-0.39, 0.29) is 23.8 Å². The smallest absolute Gasteiger partial charge is 0.251 e. The Hall–Kier alpha value is -1.59. The Labute approximate surface area is 142 Å². The van der Waals surface area contributed by atoms with E-state index in [2.05, 4.69) is 10.6 Å². The summed E-state index contributed by atoms with van der Waals surface area (Å²) in [6.07, 6.45) is 2.21. The summed E-state index contributed by atoms with van der Waals surface area (Å²) in [6, 6.07) is 5.98. The van der Waals surface area contributed by atoms with Crippen LogP contribution in [0, 0.1) is 11.8 Å². The first-order chi connectivity index (χ1) is 10.9. The van der Waals surface area contributed by atoms with Crippen molar-refractivity contribution in [1.29, 1.82) is 0 Å². The fraction of sp³-hybridized carbons (Fsp3) is 0.529. The van der Waals surface area contributed by atoms with Gasteiger partial charge < -0.3 is 16.4 Å². The molecule has 1 aromatic rings. The number of carbonyl (C=O) groups is 2. The molecule has 1 aliphatic rings. The molecule has 2 amide bonds. The average molecular weight is 338 g/mol. The number of halogens is 1. The number of nitrogens with one attached hydrogen (secondary N) is 2. The Morgan fingerprint density at radius 2 is 1.83 bits per heavy atom. The third kappa shape index (κ3) is 4.94. The maximum absolute atomic E-state index is 12.5. The highest BCUT2D eigenvalue weighted by Crippen LogP contribution is 2.32. The van der Waals surface area contributed by atoms with Crippen molar-refractivity contribution < 1.29 is 9.59 Å². The lowest BCUT2D eigenvalue weighted by atomic mass is 10.0. The van der Waals surface area contributed by atoms with Gasteiger partial charge in [-0.1, -0.05) is 25.4 Å². The number of hydrogen-bond donors (Lipinski definition) is 3. The summed E-state index contributed by atoms with van der Waals surface area (Å²) < 4.78 is 0. The molecule has 1 aliphatic carbocycles. The molecule has 0 saturated heterocycles. The average Bonchev–Trinajstić information content (AvgIpc) is 3.34. The molecule has 0 aromatic heterocycles. The maximum atomic E-state index is 12.5. The molecule has 2 atom stereocenters. The van der Waals surface area contributed by atoms with Gasteiger partial charge in [0, 0.05) is 23.2 Å². The maximum Gasteiger partial charge on any atom is 0.251 e. The van der Waals surface area contributed by atoms with Gasteiger partial charge in [0.05, 0.1) is 0 Å². The molecule has 4 N–H and O–H groups in total. The van der Waals surface area contributed by atoms with Crippen LogP contribution in [0.1, 0.15) is 37.0 Å². The van der Waals surface area contributed by atoms with Gasteiger partial charge in [-0.25, -0.2) is 0 Å². The number of benzene rings is 1. The standard InChI is InChI=1S/C17H24ClN3O2/c1-10(2)15(17(23)20-14(9-19)11-3-4-11)21-16(22)12-5-7-13(18)8-6-12/h5-8,10-11,14-15H,3-4,9,19H2,1-2H3,(H,20,23)(H,21,22). The third-order valence-electron chi connectivity index (χ3n) is 4.11. The van der Waals surface area contributed by atoms with Gasteiger partial charge in [-0.05, 0) is 48.9 Å². The highest BCUT2D eigenvalue weighted by Gasteiger charge is 2.33. The minimum Gasteiger partial charge on any atom is -0.350 e. The predicted octanol–water partition coefficient (Wildman–Crippen LogP) is 1.95. The molecule has 0 aliphatic heterocycles. The first kappa shape index (κ1) is 17.8. The van der Waals surface area contributed by atoms with Crippen molar-refractivity contribution >= 4 is 23.4 Å². The lowest BCUT2D eigenvalue weighted by Crippen LogP contribution is -2.54. The quantitative estimate of drug-likeness (QED) is 0.711. The number of amides is 2. The van der Waals surface area contributed by atoms with Gasteiger partial charge in [0.1, 0.15) is 6.04 Å². The minimum atomic E-state index is -0.592. The van der Waals surface area contributed by atoms with Crippen LogP contribution in [-0.4, -0.2) is 30.4 Å². The Bertz CT molecular complexity index is 555. The molecule has 126 valence electrons. The topological polar surface area (TPSA) is 84.2 Å². The SMILES string of the molecule is CC(C)C(NC(=O)c1ccc(Cl)cc1)C(=O)NC(CN)C1CC1. The third-order valence-corrected chi connectivity index (χ3v) is 4.37. The van der Waals surface area contributed by atoms with Crippen molar-refractivity contribution in [3.8, 4) is 0 Å². The van der Waals surface area contributed by atoms with Gasteiger partial charge >= 0.3 is 0 Å². The van der Waals surface area contributed by atoms with E-state index in [1.165, 1.54) is 0 Å². The second-order valence-corrected chi connectivity index (χ2v) is 6.83. The summed E-state index contributed by atoms with van der Waals surface area (Å²) in [5.74, 6) is -0.0106. The molecule has 6 heteroatoms. The second kappa shape index (κ2) is 7.79. The van der Waals surface area contributed by atoms with E-state index >= 15 is 0 Å². The number of carbonyl (C=O) groups excluding carboxylic acids is 2. The van der Waals surface area contributed by atoms with Gasteiger partial charge in [0.25, 0.3) is 5.91 Å². The van der Waals surface area contributed by atoms with Crippen LogP contribution in [0.5, 0.6) is 0 Å². The minimum absolute atomic E-state index is 0.00353. The Morgan fingerprint density at radius 3 is 2.30 bits per heavy atom. The molecule has 1 fully saturated rings. The van der Waals surface area contributed by atoms with Gasteiger partial charge in [0.2, 0.25) is 5.91 Å². The molecular weight excluding hydrogens is 314 g/mol. The van der Waals surface area contributed by atoms with Gasteiger partial charge in [-0.15, -0.1) is 0 Å². The molecule has 23 heavy (non-hydrogen) atoms. The first-order valence-corrected chi connectivity index (χ1v) is 8.37. The summed E-state index contributed by atoms with van der Waals surface area (Å²) in [6.45, 7) is 4.23. The van der Waals surface area contributed by atoms with Crippen LogP contribution < -0.4 is 16.4 Å². The fourth-order valence-electron chi connectivity index (χ4n) is 2.50. The van der Waals surface area contributed by atoms with Crippen LogP contribution >= 0.6 is 11.6 Å². The zero-order valence-electron chi connectivity index (χ0n) is 13.5. The monoisotopic (exact) mass is 337 g/mol. The second-order valence-electron chi connectivity index (χ2n) is 6.39. The lowest BCUT2D eigenvalue weighted by Gasteiger charge is -2.25. The fourth-order valence-corrected chi connectivity index (χ4v) is 2.63. The van der Waals surface area contributed by atoms with Crippen LogP contribution in [-0.2, 0) is 4.79 Å². The number of nitrogens with two attached hydrogens (primary N) is 1. The van der Waals surface area contributed by atoms with E-state index in [0.29, 0.717) is 23.0 Å². The van der Waals surface area contributed by atoms with Crippen molar-refractivity contribution in [3.63, 3.8) is 0 Å². The van der Waals surface area contributed by atoms with E-state index < -0.39 is 6.04 Å². The van der Waals surface area contributed by atoms with Crippen LogP contribution in [0.3, 0.4) is 0 Å². The number of rotatable bonds is 7. The predicted molar refractivity (Wildman–Crippen MR) is 91.3 cm³/mol. The molecule has 1 saturated carbocycles. The van der Waals surface area contributed by atoms with Gasteiger partial charge in [-0.3, -0.25) is 9.59 Å². The molecule has 0 bridgehead atoms. The Morgan fingerprint density at radius 1 is 1.22 bits per heavy atom. The molecule has 0 heterocycles. The molecule has 2 rings (SSSR count). The van der Waals surface area contributed by atoms with Crippen LogP contribution in [0.15, 0.2) is 24.3 Å². The molecule has 0 radical (unpaired) electrons. The van der Waals surface area contributed by atoms with Crippen molar-refractivity contribution in [1.82, 2.24) is 10.6 Å². The van der Waals surface area contributed by atoms with E-state index in [1.807, 2.05) is 13.8 Å². The van der Waals surface area contributed by atoms with Crippen molar-refractivity contribution in [2.24, 2.45) is 17.6 Å². The summed E-state index contributed by atoms with van der Waals surface area (Å²) in [5.41, 5.74) is 6.21. The zero-order valence-corrected chi connectivity index (χ0v) is 14.3. The van der Waals surface area contributed by atoms with Crippen molar-refractivity contribution in [3.05, 3.63) is 34.9 Å². The first-order valence-electron chi connectivity index (χ1n) is 7.99. The van der Waals surface area contributed by atoms with E-state index in [9.17, 15) is 9.59 Å². The van der Waals surface area contributed by atoms with E-state index in [0.717, 1.165) is 12.8 Å². The largest absolute Gasteiger partial charge is 0.350 e. The molecule has 0 spiro atoms. The van der Waals surface area contributed by atoms with Crippen LogP contribution in [0.2, 0.25) is 5.02 Å². The lowest BCUT2D eigenvalue weighted by molar-refractivity contribution is -0.124. The molecule has 1 aromatic carbocycles. The molecule has 5 nitrogen and oxygen atoms in total. The van der Waals surface area contributed by atoms with E-state index in [1.54, 1.807) is 24.3 Å². The van der Waals surface area contributed by atoms with Crippen molar-refractivity contribution in [2.75, 3.05) is 6.54 Å². The molecule has 2 unspecified atom stereocenters. The highest BCUT2D eigenvalue weighted by atomic mass is 35.5. The number of hydrogen-bond acceptors (Lipinski definition) is 3. The van der Waals surface area contributed by atoms with Gasteiger partial charge in [0.15, 0.2) is 0 Å².